The van der Waals surface area contributed by atoms with Crippen molar-refractivity contribution in [3.8, 4) is 0 Å². The average molecular weight is 276 g/mol. The Labute approximate surface area is 120 Å². The number of rotatable bonds is 2. The largest absolute Gasteiger partial charge is 0.272 e. The van der Waals surface area contributed by atoms with E-state index in [9.17, 15) is 4.79 Å². The smallest absolute Gasteiger partial charge is 0.263 e. The van der Waals surface area contributed by atoms with Gasteiger partial charge in [0.2, 0.25) is 5.78 Å². The first kappa shape index (κ1) is 11.8. The lowest BCUT2D eigenvalue weighted by atomic mass is 10.2. The number of fused-ring (bicyclic) bond motifs is 3. The van der Waals surface area contributed by atoms with E-state index in [2.05, 4.69) is 10.2 Å². The Bertz CT molecular complexity index is 985. The molecule has 5 nitrogen and oxygen atoms in total. The van der Waals surface area contributed by atoms with E-state index in [-0.39, 0.29) is 5.56 Å². The van der Waals surface area contributed by atoms with E-state index in [1.807, 2.05) is 59.0 Å². The van der Waals surface area contributed by atoms with Gasteiger partial charge in [0.25, 0.3) is 5.56 Å². The van der Waals surface area contributed by atoms with E-state index >= 15 is 0 Å². The third-order valence-corrected chi connectivity index (χ3v) is 3.59. The van der Waals surface area contributed by atoms with Gasteiger partial charge in [0.1, 0.15) is 6.33 Å². The molecule has 0 saturated carbocycles. The van der Waals surface area contributed by atoms with Crippen LogP contribution in [0.2, 0.25) is 0 Å². The highest BCUT2D eigenvalue weighted by molar-refractivity contribution is 5.80. The van der Waals surface area contributed by atoms with Crippen LogP contribution in [0.1, 0.15) is 5.56 Å². The first-order chi connectivity index (χ1) is 10.3. The molecule has 0 radical (unpaired) electrons. The molecule has 0 aliphatic carbocycles. The normalized spacial score (nSPS) is 11.2. The van der Waals surface area contributed by atoms with Crippen molar-refractivity contribution in [3.63, 3.8) is 0 Å². The Kier molecular flexibility index (Phi) is 2.57. The van der Waals surface area contributed by atoms with E-state index in [0.717, 1.165) is 11.1 Å². The van der Waals surface area contributed by atoms with Gasteiger partial charge in [0.15, 0.2) is 0 Å². The molecule has 0 aliphatic heterocycles. The quantitative estimate of drug-likeness (QED) is 0.563. The van der Waals surface area contributed by atoms with Crippen molar-refractivity contribution >= 4 is 16.7 Å². The van der Waals surface area contributed by atoms with Crippen LogP contribution < -0.4 is 5.56 Å². The fourth-order valence-electron chi connectivity index (χ4n) is 2.59. The van der Waals surface area contributed by atoms with Crippen molar-refractivity contribution in [1.82, 2.24) is 19.2 Å². The molecular weight excluding hydrogens is 264 g/mol. The molecule has 5 heteroatoms. The van der Waals surface area contributed by atoms with Crippen molar-refractivity contribution in [1.29, 1.82) is 0 Å². The van der Waals surface area contributed by atoms with Crippen molar-refractivity contribution in [2.75, 3.05) is 0 Å². The molecule has 4 rings (SSSR count). The van der Waals surface area contributed by atoms with E-state index in [4.69, 9.17) is 0 Å². The predicted molar refractivity (Wildman–Crippen MR) is 80.3 cm³/mol. The second kappa shape index (κ2) is 4.56. The molecule has 0 atom stereocenters. The van der Waals surface area contributed by atoms with Gasteiger partial charge < -0.3 is 0 Å². The minimum atomic E-state index is -0.0463. The number of para-hydroxylation sites is 1. The van der Waals surface area contributed by atoms with Gasteiger partial charge in [0, 0.05) is 0 Å². The topological polar surface area (TPSA) is 52.2 Å². The summed E-state index contributed by atoms with van der Waals surface area (Å²) in [6.45, 7) is 0.479. The Balaban J connectivity index is 2.05. The van der Waals surface area contributed by atoms with Crippen LogP contribution >= 0.6 is 0 Å². The maximum atomic E-state index is 12.7. The SMILES string of the molecule is O=c1c2ccccc2n2cnnc2n1Cc1ccccc1. The Hall–Kier alpha value is -2.95. The zero-order valence-corrected chi connectivity index (χ0v) is 11.2. The fraction of sp³-hybridized carbons (Fsp3) is 0.0625. The van der Waals surface area contributed by atoms with Crippen LogP contribution in [0.4, 0.5) is 0 Å². The van der Waals surface area contributed by atoms with Gasteiger partial charge in [-0.3, -0.25) is 13.8 Å². The van der Waals surface area contributed by atoms with E-state index in [1.165, 1.54) is 0 Å². The van der Waals surface area contributed by atoms with Crippen molar-refractivity contribution in [2.24, 2.45) is 0 Å². The summed E-state index contributed by atoms with van der Waals surface area (Å²) >= 11 is 0. The lowest BCUT2D eigenvalue weighted by Crippen LogP contribution is -2.23. The monoisotopic (exact) mass is 276 g/mol. The molecule has 0 saturated heterocycles. The minimum Gasteiger partial charge on any atom is -0.272 e. The first-order valence-corrected chi connectivity index (χ1v) is 6.70. The van der Waals surface area contributed by atoms with Crippen molar-refractivity contribution in [2.45, 2.75) is 6.54 Å². The highest BCUT2D eigenvalue weighted by Gasteiger charge is 2.11. The van der Waals surface area contributed by atoms with Crippen LogP contribution in [-0.4, -0.2) is 19.2 Å². The summed E-state index contributed by atoms with van der Waals surface area (Å²) in [5, 5.41) is 8.72. The van der Waals surface area contributed by atoms with Crippen molar-refractivity contribution < 1.29 is 0 Å². The van der Waals surface area contributed by atoms with Crippen LogP contribution in [-0.2, 0) is 6.54 Å². The molecule has 2 aromatic heterocycles. The summed E-state index contributed by atoms with van der Waals surface area (Å²) in [5.74, 6) is 0.558. The van der Waals surface area contributed by atoms with Gasteiger partial charge in [-0.25, -0.2) is 0 Å². The summed E-state index contributed by atoms with van der Waals surface area (Å²) in [4.78, 5) is 12.7. The van der Waals surface area contributed by atoms with Crippen LogP contribution in [0.25, 0.3) is 16.7 Å². The molecule has 0 aliphatic rings. The molecule has 0 unspecified atom stereocenters. The van der Waals surface area contributed by atoms with Crippen LogP contribution in [0.5, 0.6) is 0 Å². The maximum Gasteiger partial charge on any atom is 0.263 e. The van der Waals surface area contributed by atoms with E-state index < -0.39 is 0 Å². The first-order valence-electron chi connectivity index (χ1n) is 6.70. The number of hydrogen-bond acceptors (Lipinski definition) is 3. The zero-order valence-electron chi connectivity index (χ0n) is 11.2. The molecule has 0 amide bonds. The van der Waals surface area contributed by atoms with E-state index in [1.54, 1.807) is 10.9 Å². The molecular formula is C16H12N4O. The third-order valence-electron chi connectivity index (χ3n) is 3.59. The molecule has 2 heterocycles. The molecule has 0 bridgehead atoms. The molecule has 2 aromatic carbocycles. The van der Waals surface area contributed by atoms with Crippen LogP contribution in [0, 0.1) is 0 Å². The number of aromatic nitrogens is 4. The highest BCUT2D eigenvalue weighted by Crippen LogP contribution is 2.12. The van der Waals surface area contributed by atoms with Gasteiger partial charge >= 0.3 is 0 Å². The Morgan fingerprint density at radius 2 is 1.71 bits per heavy atom. The standard InChI is InChI=1S/C16H12N4O/c21-15-13-8-4-5-9-14(13)20-11-17-18-16(20)19(15)10-12-6-2-1-3-7-12/h1-9,11H,10H2. The lowest BCUT2D eigenvalue weighted by Gasteiger charge is -2.10. The summed E-state index contributed by atoms with van der Waals surface area (Å²) in [5.41, 5.74) is 1.83. The molecule has 102 valence electrons. The van der Waals surface area contributed by atoms with Gasteiger partial charge in [-0.15, -0.1) is 10.2 Å². The van der Waals surface area contributed by atoms with Crippen molar-refractivity contribution in [3.05, 3.63) is 76.8 Å². The van der Waals surface area contributed by atoms with Gasteiger partial charge in [-0.05, 0) is 17.7 Å². The maximum absolute atomic E-state index is 12.7. The van der Waals surface area contributed by atoms with Crippen LogP contribution in [0.3, 0.4) is 0 Å². The number of hydrogen-bond donors (Lipinski definition) is 0. The second-order valence-corrected chi connectivity index (χ2v) is 4.89. The third kappa shape index (κ3) is 1.82. The summed E-state index contributed by atoms with van der Waals surface area (Å²) in [6, 6.07) is 17.4. The molecule has 0 spiro atoms. The predicted octanol–water partition coefficient (Wildman–Crippen LogP) is 2.09. The lowest BCUT2D eigenvalue weighted by molar-refractivity contribution is 0.766. The Morgan fingerprint density at radius 1 is 0.952 bits per heavy atom. The Morgan fingerprint density at radius 3 is 2.57 bits per heavy atom. The summed E-state index contributed by atoms with van der Waals surface area (Å²) < 4.78 is 3.50. The number of nitrogens with zero attached hydrogens (tertiary/aromatic N) is 4. The van der Waals surface area contributed by atoms with Gasteiger partial charge in [-0.2, -0.15) is 0 Å². The second-order valence-electron chi connectivity index (χ2n) is 4.89. The van der Waals surface area contributed by atoms with Gasteiger partial charge in [0.05, 0.1) is 17.4 Å². The zero-order chi connectivity index (χ0) is 14.2. The summed E-state index contributed by atoms with van der Waals surface area (Å²) in [7, 11) is 0. The average Bonchev–Trinajstić information content (AvgIpc) is 3.02. The molecule has 0 fully saturated rings. The van der Waals surface area contributed by atoms with Crippen LogP contribution in [0.15, 0.2) is 65.7 Å². The summed E-state index contributed by atoms with van der Waals surface area (Å²) in [6.07, 6.45) is 1.64. The number of benzene rings is 2. The van der Waals surface area contributed by atoms with Gasteiger partial charge in [-0.1, -0.05) is 42.5 Å². The van der Waals surface area contributed by atoms with E-state index in [0.29, 0.717) is 17.7 Å². The minimum absolute atomic E-state index is 0.0463. The highest BCUT2D eigenvalue weighted by atomic mass is 16.1. The fourth-order valence-corrected chi connectivity index (χ4v) is 2.59. The molecule has 4 aromatic rings. The molecule has 0 N–H and O–H groups in total. The molecule has 21 heavy (non-hydrogen) atoms.